The highest BCUT2D eigenvalue weighted by molar-refractivity contribution is 7.92. The van der Waals surface area contributed by atoms with E-state index >= 15 is 0 Å². The Hall–Kier alpha value is -1.80. The number of likely N-dealkylation sites (tertiary alicyclic amines) is 1. The number of anilines is 1. The molecule has 2 aliphatic rings. The first-order valence-corrected chi connectivity index (χ1v) is 12.0. The highest BCUT2D eigenvalue weighted by atomic mass is 32.2. The average Bonchev–Trinajstić information content (AvgIpc) is 3.14. The van der Waals surface area contributed by atoms with Gasteiger partial charge < -0.3 is 15.5 Å². The predicted molar refractivity (Wildman–Crippen MR) is 116 cm³/mol. The van der Waals surface area contributed by atoms with E-state index in [0.717, 1.165) is 50.4 Å². The van der Waals surface area contributed by atoms with Crippen LogP contribution in [0.1, 0.15) is 31.7 Å². The number of hydrogen-bond acceptors (Lipinski definition) is 4. The Morgan fingerprint density at radius 2 is 1.89 bits per heavy atom. The lowest BCUT2D eigenvalue weighted by Crippen LogP contribution is -2.42. The Morgan fingerprint density at radius 3 is 2.68 bits per heavy atom. The van der Waals surface area contributed by atoms with Crippen LogP contribution in [0.4, 0.5) is 5.69 Å². The third-order valence-electron chi connectivity index (χ3n) is 5.31. The molecule has 0 atom stereocenters. The minimum Gasteiger partial charge on any atom is -0.357 e. The Kier molecular flexibility index (Phi) is 7.56. The lowest BCUT2D eigenvalue weighted by Gasteiger charge is -2.25. The monoisotopic (exact) mass is 407 g/mol. The molecule has 0 aromatic heterocycles. The van der Waals surface area contributed by atoms with Crippen LogP contribution >= 0.6 is 0 Å². The second kappa shape index (κ2) is 10.1. The lowest BCUT2D eigenvalue weighted by atomic mass is 10.1. The average molecular weight is 408 g/mol. The molecule has 0 bridgehead atoms. The summed E-state index contributed by atoms with van der Waals surface area (Å²) >= 11 is 0. The van der Waals surface area contributed by atoms with Crippen molar-refractivity contribution in [2.24, 2.45) is 4.99 Å². The molecule has 0 unspecified atom stereocenters. The van der Waals surface area contributed by atoms with Gasteiger partial charge in [-0.1, -0.05) is 24.6 Å². The summed E-state index contributed by atoms with van der Waals surface area (Å²) in [5.74, 6) is 0.745. The van der Waals surface area contributed by atoms with E-state index in [2.05, 4.69) is 20.5 Å². The number of nitrogens with zero attached hydrogens (tertiary/aromatic N) is 3. The van der Waals surface area contributed by atoms with Gasteiger partial charge in [0, 0.05) is 26.2 Å². The maximum atomic E-state index is 12.8. The molecular formula is C20H33N5O2S. The molecule has 1 saturated heterocycles. The van der Waals surface area contributed by atoms with Crippen LogP contribution < -0.4 is 14.9 Å². The molecule has 2 N–H and O–H groups in total. The minimum absolute atomic E-state index is 0.0534. The number of piperidine rings is 1. The van der Waals surface area contributed by atoms with E-state index in [1.54, 1.807) is 4.31 Å². The van der Waals surface area contributed by atoms with Gasteiger partial charge in [-0.25, -0.2) is 8.42 Å². The molecule has 3 rings (SSSR count). The molecule has 7 nitrogen and oxygen atoms in total. The number of benzene rings is 1. The zero-order valence-electron chi connectivity index (χ0n) is 16.9. The number of rotatable bonds is 8. The normalized spacial score (nSPS) is 18.2. The Morgan fingerprint density at radius 1 is 1.11 bits per heavy atom. The van der Waals surface area contributed by atoms with E-state index in [1.807, 2.05) is 31.2 Å². The predicted octanol–water partition coefficient (Wildman–Crippen LogP) is 1.42. The van der Waals surface area contributed by atoms with Crippen molar-refractivity contribution in [2.45, 2.75) is 32.6 Å². The van der Waals surface area contributed by atoms with Crippen LogP contribution in [0.15, 0.2) is 29.3 Å². The van der Waals surface area contributed by atoms with Crippen molar-refractivity contribution >= 4 is 21.7 Å². The number of sulfonamides is 1. The molecule has 28 heavy (non-hydrogen) atoms. The van der Waals surface area contributed by atoms with Gasteiger partial charge in [-0.3, -0.25) is 9.30 Å². The molecule has 156 valence electrons. The Balaban J connectivity index is 1.49. The summed E-state index contributed by atoms with van der Waals surface area (Å²) in [6.07, 6.45) is 4.67. The SMILES string of the molecule is CCNC(=NCCN1CCCCC1)NCCS(=O)(=O)N1CCc2ccccc21. The van der Waals surface area contributed by atoms with Crippen molar-refractivity contribution in [1.29, 1.82) is 0 Å². The van der Waals surface area contributed by atoms with E-state index in [-0.39, 0.29) is 5.75 Å². The zero-order valence-corrected chi connectivity index (χ0v) is 17.7. The third-order valence-corrected chi connectivity index (χ3v) is 7.08. The first-order valence-electron chi connectivity index (χ1n) is 10.4. The maximum absolute atomic E-state index is 12.8. The Bertz CT molecular complexity index is 760. The van der Waals surface area contributed by atoms with Gasteiger partial charge >= 0.3 is 0 Å². The van der Waals surface area contributed by atoms with E-state index in [0.29, 0.717) is 19.0 Å². The molecule has 1 aromatic carbocycles. The molecule has 0 saturated carbocycles. The van der Waals surface area contributed by atoms with Crippen LogP contribution in [-0.2, 0) is 16.4 Å². The van der Waals surface area contributed by atoms with Gasteiger partial charge in [0.2, 0.25) is 10.0 Å². The summed E-state index contributed by atoms with van der Waals surface area (Å²) < 4.78 is 27.1. The molecule has 0 amide bonds. The van der Waals surface area contributed by atoms with Gasteiger partial charge in [-0.15, -0.1) is 0 Å². The van der Waals surface area contributed by atoms with Crippen molar-refractivity contribution in [1.82, 2.24) is 15.5 Å². The van der Waals surface area contributed by atoms with Gasteiger partial charge in [-0.05, 0) is 50.9 Å². The topological polar surface area (TPSA) is 77.0 Å². The number of guanidine groups is 1. The number of fused-ring (bicyclic) bond motifs is 1. The van der Waals surface area contributed by atoms with Gasteiger partial charge in [0.25, 0.3) is 0 Å². The summed E-state index contributed by atoms with van der Waals surface area (Å²) in [4.78, 5) is 7.06. The van der Waals surface area contributed by atoms with Crippen LogP contribution in [0.5, 0.6) is 0 Å². The summed E-state index contributed by atoms with van der Waals surface area (Å²) in [6.45, 7) is 7.65. The molecule has 1 fully saturated rings. The lowest BCUT2D eigenvalue weighted by molar-refractivity contribution is 0.235. The van der Waals surface area contributed by atoms with Crippen LogP contribution in [0.2, 0.25) is 0 Å². The van der Waals surface area contributed by atoms with Crippen molar-refractivity contribution in [3.63, 3.8) is 0 Å². The summed E-state index contributed by atoms with van der Waals surface area (Å²) in [7, 11) is -3.34. The Labute approximate surface area is 169 Å². The van der Waals surface area contributed by atoms with Crippen molar-refractivity contribution in [3.8, 4) is 0 Å². The first kappa shape index (κ1) is 20.9. The van der Waals surface area contributed by atoms with E-state index in [1.165, 1.54) is 19.3 Å². The van der Waals surface area contributed by atoms with Gasteiger partial charge in [-0.2, -0.15) is 0 Å². The number of hydrogen-bond donors (Lipinski definition) is 2. The van der Waals surface area contributed by atoms with Gasteiger partial charge in [0.05, 0.1) is 18.0 Å². The molecule has 2 heterocycles. The number of nitrogens with one attached hydrogen (secondary N) is 2. The minimum atomic E-state index is -3.34. The standard InChI is InChI=1S/C20H33N5O2S/c1-2-21-20(22-11-16-24-13-6-3-7-14-24)23-12-17-28(26,27)25-15-10-18-8-4-5-9-19(18)25/h4-5,8-9H,2-3,6-7,10-17H2,1H3,(H2,21,22,23). The molecule has 0 radical (unpaired) electrons. The second-order valence-corrected chi connectivity index (χ2v) is 9.37. The van der Waals surface area contributed by atoms with Crippen LogP contribution in [0, 0.1) is 0 Å². The molecule has 0 aliphatic carbocycles. The van der Waals surface area contributed by atoms with E-state index < -0.39 is 10.0 Å². The summed E-state index contributed by atoms with van der Waals surface area (Å²) in [6, 6.07) is 7.74. The molecule has 2 aliphatic heterocycles. The first-order chi connectivity index (χ1) is 13.6. The van der Waals surface area contributed by atoms with E-state index in [4.69, 9.17) is 0 Å². The fourth-order valence-corrected chi connectivity index (χ4v) is 5.26. The third kappa shape index (κ3) is 5.61. The second-order valence-electron chi connectivity index (χ2n) is 7.36. The largest absolute Gasteiger partial charge is 0.357 e. The maximum Gasteiger partial charge on any atom is 0.236 e. The van der Waals surface area contributed by atoms with Gasteiger partial charge in [0.1, 0.15) is 0 Å². The highest BCUT2D eigenvalue weighted by Crippen LogP contribution is 2.29. The van der Waals surface area contributed by atoms with Crippen LogP contribution in [0.3, 0.4) is 0 Å². The van der Waals surface area contributed by atoms with E-state index in [9.17, 15) is 8.42 Å². The molecule has 1 aromatic rings. The zero-order chi connectivity index (χ0) is 19.8. The fraction of sp³-hybridized carbons (Fsp3) is 0.650. The summed E-state index contributed by atoms with van der Waals surface area (Å²) in [5.41, 5.74) is 1.93. The van der Waals surface area contributed by atoms with Crippen LogP contribution in [-0.4, -0.2) is 70.8 Å². The van der Waals surface area contributed by atoms with Crippen LogP contribution in [0.25, 0.3) is 0 Å². The highest BCUT2D eigenvalue weighted by Gasteiger charge is 2.28. The molecule has 0 spiro atoms. The quantitative estimate of drug-likeness (QED) is 0.503. The van der Waals surface area contributed by atoms with Crippen molar-refractivity contribution in [2.75, 3.05) is 55.9 Å². The van der Waals surface area contributed by atoms with Crippen molar-refractivity contribution in [3.05, 3.63) is 29.8 Å². The molecule has 8 heteroatoms. The number of para-hydroxylation sites is 1. The molecular weight excluding hydrogens is 374 g/mol. The van der Waals surface area contributed by atoms with Gasteiger partial charge in [0.15, 0.2) is 5.96 Å². The number of aliphatic imine (C=N–C) groups is 1. The smallest absolute Gasteiger partial charge is 0.236 e. The van der Waals surface area contributed by atoms with Crippen molar-refractivity contribution < 1.29 is 8.42 Å². The fourth-order valence-electron chi connectivity index (χ4n) is 3.83. The summed E-state index contributed by atoms with van der Waals surface area (Å²) in [5, 5.41) is 6.38.